The lowest BCUT2D eigenvalue weighted by atomic mass is 10.2. The van der Waals surface area contributed by atoms with Gasteiger partial charge in [-0.05, 0) is 18.2 Å². The number of hydrogen-bond donors (Lipinski definition) is 1. The number of aryl methyl sites for hydroxylation is 1. The fourth-order valence-electron chi connectivity index (χ4n) is 1.78. The van der Waals surface area contributed by atoms with E-state index in [4.69, 9.17) is 10.5 Å². The van der Waals surface area contributed by atoms with Crippen molar-refractivity contribution in [3.05, 3.63) is 28.4 Å². The van der Waals surface area contributed by atoms with Gasteiger partial charge in [0.05, 0.1) is 12.6 Å². The molecule has 0 atom stereocenters. The topological polar surface area (TPSA) is 40.2 Å². The van der Waals surface area contributed by atoms with Crippen molar-refractivity contribution in [3.8, 4) is 5.75 Å². The van der Waals surface area contributed by atoms with Crippen molar-refractivity contribution in [2.24, 2.45) is 12.8 Å². The zero-order valence-corrected chi connectivity index (χ0v) is 10.3. The van der Waals surface area contributed by atoms with E-state index < -0.39 is 0 Å². The number of halogens is 1. The molecule has 0 unspecified atom stereocenters. The summed E-state index contributed by atoms with van der Waals surface area (Å²) in [6.45, 7) is 0.534. The molecule has 0 spiro atoms. The van der Waals surface area contributed by atoms with Gasteiger partial charge in [-0.15, -0.1) is 0 Å². The predicted molar refractivity (Wildman–Crippen MR) is 65.1 cm³/mol. The van der Waals surface area contributed by atoms with Crippen LogP contribution in [0, 0.1) is 0 Å². The van der Waals surface area contributed by atoms with Gasteiger partial charge in [-0.1, -0.05) is 15.9 Å². The largest absolute Gasteiger partial charge is 0.496 e. The minimum absolute atomic E-state index is 0.534. The second kappa shape index (κ2) is 3.87. The first-order chi connectivity index (χ1) is 7.17. The number of benzene rings is 1. The van der Waals surface area contributed by atoms with E-state index in [1.807, 2.05) is 13.1 Å². The minimum Gasteiger partial charge on any atom is -0.496 e. The molecule has 3 nitrogen and oxygen atoms in total. The van der Waals surface area contributed by atoms with E-state index in [1.165, 1.54) is 0 Å². The van der Waals surface area contributed by atoms with Crippen molar-refractivity contribution < 1.29 is 4.74 Å². The monoisotopic (exact) mass is 268 g/mol. The van der Waals surface area contributed by atoms with Gasteiger partial charge in [-0.3, -0.25) is 0 Å². The van der Waals surface area contributed by atoms with Crippen LogP contribution in [0.2, 0.25) is 0 Å². The Morgan fingerprint density at radius 2 is 2.13 bits per heavy atom. The highest BCUT2D eigenvalue weighted by Gasteiger charge is 2.09. The summed E-state index contributed by atoms with van der Waals surface area (Å²) in [5.41, 5.74) is 7.90. The number of rotatable bonds is 2. The first kappa shape index (κ1) is 10.5. The van der Waals surface area contributed by atoms with Crippen molar-refractivity contribution in [1.82, 2.24) is 4.57 Å². The van der Waals surface area contributed by atoms with Crippen LogP contribution in [-0.4, -0.2) is 11.7 Å². The Hall–Kier alpha value is -1.00. The molecule has 1 heterocycles. The van der Waals surface area contributed by atoms with Gasteiger partial charge in [0.25, 0.3) is 0 Å². The van der Waals surface area contributed by atoms with Crippen molar-refractivity contribution in [2.45, 2.75) is 6.54 Å². The first-order valence-electron chi connectivity index (χ1n) is 4.69. The van der Waals surface area contributed by atoms with Crippen LogP contribution in [0.4, 0.5) is 0 Å². The molecule has 80 valence electrons. The van der Waals surface area contributed by atoms with Crippen molar-refractivity contribution in [1.29, 1.82) is 0 Å². The van der Waals surface area contributed by atoms with E-state index in [2.05, 4.69) is 32.6 Å². The SMILES string of the molecule is COc1cc(Br)cc2c1cc(CN)n2C. The van der Waals surface area contributed by atoms with E-state index in [0.29, 0.717) is 6.54 Å². The Kier molecular flexibility index (Phi) is 2.71. The van der Waals surface area contributed by atoms with Gasteiger partial charge in [-0.25, -0.2) is 0 Å². The zero-order valence-electron chi connectivity index (χ0n) is 8.75. The van der Waals surface area contributed by atoms with E-state index in [0.717, 1.165) is 26.8 Å². The predicted octanol–water partition coefficient (Wildman–Crippen LogP) is 2.41. The molecule has 2 aromatic rings. The molecule has 0 saturated carbocycles. The molecule has 2 N–H and O–H groups in total. The molecule has 0 fully saturated rings. The van der Waals surface area contributed by atoms with Crippen molar-refractivity contribution in [3.63, 3.8) is 0 Å². The number of hydrogen-bond acceptors (Lipinski definition) is 2. The molecule has 0 radical (unpaired) electrons. The lowest BCUT2D eigenvalue weighted by molar-refractivity contribution is 0.419. The van der Waals surface area contributed by atoms with Gasteiger partial charge in [0.2, 0.25) is 0 Å². The summed E-state index contributed by atoms with van der Waals surface area (Å²) in [4.78, 5) is 0. The second-order valence-corrected chi connectivity index (χ2v) is 4.36. The lowest BCUT2D eigenvalue weighted by Crippen LogP contribution is -2.02. The third-order valence-electron chi connectivity index (χ3n) is 2.62. The summed E-state index contributed by atoms with van der Waals surface area (Å²) >= 11 is 3.46. The molecule has 4 heteroatoms. The third-order valence-corrected chi connectivity index (χ3v) is 3.08. The van der Waals surface area contributed by atoms with Crippen LogP contribution in [0.25, 0.3) is 10.9 Å². The summed E-state index contributed by atoms with van der Waals surface area (Å²) in [6.07, 6.45) is 0. The van der Waals surface area contributed by atoms with E-state index in [1.54, 1.807) is 7.11 Å². The van der Waals surface area contributed by atoms with Crippen LogP contribution in [0.1, 0.15) is 5.69 Å². The Morgan fingerprint density at radius 1 is 1.40 bits per heavy atom. The lowest BCUT2D eigenvalue weighted by Gasteiger charge is -2.04. The van der Waals surface area contributed by atoms with Crippen LogP contribution in [-0.2, 0) is 13.6 Å². The molecule has 1 aromatic heterocycles. The smallest absolute Gasteiger partial charge is 0.129 e. The van der Waals surface area contributed by atoms with Crippen LogP contribution in [0.5, 0.6) is 5.75 Å². The highest BCUT2D eigenvalue weighted by Crippen LogP contribution is 2.31. The van der Waals surface area contributed by atoms with Crippen LogP contribution in [0.15, 0.2) is 22.7 Å². The van der Waals surface area contributed by atoms with Crippen LogP contribution >= 0.6 is 15.9 Å². The standard InChI is InChI=1S/C11H13BrN2O/c1-14-8(6-13)5-9-10(14)3-7(12)4-11(9)15-2/h3-5H,6,13H2,1-2H3. The molecule has 0 saturated heterocycles. The number of aromatic nitrogens is 1. The summed E-state index contributed by atoms with van der Waals surface area (Å²) < 4.78 is 8.43. The average molecular weight is 269 g/mol. The van der Waals surface area contributed by atoms with E-state index in [9.17, 15) is 0 Å². The highest BCUT2D eigenvalue weighted by atomic mass is 79.9. The first-order valence-corrected chi connectivity index (χ1v) is 5.48. The van der Waals surface area contributed by atoms with E-state index >= 15 is 0 Å². The Balaban J connectivity index is 2.81. The van der Waals surface area contributed by atoms with Crippen LogP contribution in [0.3, 0.4) is 0 Å². The molecule has 0 aliphatic carbocycles. The maximum Gasteiger partial charge on any atom is 0.129 e. The number of methoxy groups -OCH3 is 1. The van der Waals surface area contributed by atoms with E-state index in [-0.39, 0.29) is 0 Å². The molecule has 1 aromatic carbocycles. The van der Waals surface area contributed by atoms with Crippen molar-refractivity contribution >= 4 is 26.8 Å². The van der Waals surface area contributed by atoms with Gasteiger partial charge in [0, 0.05) is 29.1 Å². The molecular formula is C11H13BrN2O. The Labute approximate surface area is 96.9 Å². The minimum atomic E-state index is 0.534. The molecular weight excluding hydrogens is 256 g/mol. The van der Waals surface area contributed by atoms with Gasteiger partial charge < -0.3 is 15.0 Å². The van der Waals surface area contributed by atoms with Gasteiger partial charge in [-0.2, -0.15) is 0 Å². The summed E-state index contributed by atoms with van der Waals surface area (Å²) in [6, 6.07) is 6.10. The quantitative estimate of drug-likeness (QED) is 0.909. The van der Waals surface area contributed by atoms with Gasteiger partial charge in [0.15, 0.2) is 0 Å². The Bertz CT molecular complexity index is 505. The fraction of sp³-hybridized carbons (Fsp3) is 0.273. The summed E-state index contributed by atoms with van der Waals surface area (Å²) in [5, 5.41) is 1.10. The average Bonchev–Trinajstić information content (AvgIpc) is 2.55. The number of ether oxygens (including phenoxy) is 1. The number of fused-ring (bicyclic) bond motifs is 1. The summed E-state index contributed by atoms with van der Waals surface area (Å²) in [5.74, 6) is 0.870. The molecule has 0 aliphatic rings. The second-order valence-electron chi connectivity index (χ2n) is 3.44. The zero-order chi connectivity index (χ0) is 11.0. The fourth-order valence-corrected chi connectivity index (χ4v) is 2.21. The molecule has 15 heavy (non-hydrogen) atoms. The van der Waals surface area contributed by atoms with Crippen LogP contribution < -0.4 is 10.5 Å². The normalized spacial score (nSPS) is 10.9. The number of nitrogens with zero attached hydrogens (tertiary/aromatic N) is 1. The molecule has 2 rings (SSSR count). The molecule has 0 bridgehead atoms. The molecule has 0 aliphatic heterocycles. The highest BCUT2D eigenvalue weighted by molar-refractivity contribution is 9.10. The Morgan fingerprint density at radius 3 is 2.73 bits per heavy atom. The molecule has 0 amide bonds. The summed E-state index contributed by atoms with van der Waals surface area (Å²) in [7, 11) is 3.69. The van der Waals surface area contributed by atoms with Gasteiger partial charge >= 0.3 is 0 Å². The maximum atomic E-state index is 5.67. The number of nitrogens with two attached hydrogens (primary N) is 1. The third kappa shape index (κ3) is 1.64. The van der Waals surface area contributed by atoms with Crippen molar-refractivity contribution in [2.75, 3.05) is 7.11 Å². The maximum absolute atomic E-state index is 5.67. The van der Waals surface area contributed by atoms with Gasteiger partial charge in [0.1, 0.15) is 5.75 Å².